The molecule has 1 aromatic carbocycles. The Balaban J connectivity index is 1.78. The summed E-state index contributed by atoms with van der Waals surface area (Å²) in [7, 11) is 0. The molecule has 1 fully saturated rings. The molecule has 0 aromatic heterocycles. The number of ether oxygens (including phenoxy) is 2. The molecule has 0 aliphatic carbocycles. The van der Waals surface area contributed by atoms with Crippen LogP contribution in [-0.2, 0) is 4.74 Å². The molecule has 0 radical (unpaired) electrons. The lowest BCUT2D eigenvalue weighted by molar-refractivity contribution is 0.0377. The van der Waals surface area contributed by atoms with E-state index in [9.17, 15) is 0 Å². The van der Waals surface area contributed by atoms with Gasteiger partial charge in [0.05, 0.1) is 6.61 Å². The molecule has 0 bridgehead atoms. The fourth-order valence-electron chi connectivity index (χ4n) is 1.96. The van der Waals surface area contributed by atoms with Gasteiger partial charge < -0.3 is 15.2 Å². The zero-order valence-electron chi connectivity index (χ0n) is 9.77. The molecule has 1 aliphatic heterocycles. The summed E-state index contributed by atoms with van der Waals surface area (Å²) in [5.74, 6) is 1.22. The van der Waals surface area contributed by atoms with Gasteiger partial charge in [-0.15, -0.1) is 0 Å². The Labute approximate surface area is 107 Å². The fraction of sp³-hybridized carbons (Fsp3) is 0.538. The van der Waals surface area contributed by atoms with Crippen LogP contribution in [0, 0.1) is 5.92 Å². The molecule has 2 unspecified atom stereocenters. The van der Waals surface area contributed by atoms with E-state index in [0.29, 0.717) is 17.5 Å². The molecular formula is C13H18ClNO2. The Hall–Kier alpha value is -0.770. The Morgan fingerprint density at radius 1 is 1.41 bits per heavy atom. The normalized spacial score (nSPS) is 22.1. The van der Waals surface area contributed by atoms with E-state index in [1.54, 1.807) is 0 Å². The van der Waals surface area contributed by atoms with Crippen LogP contribution in [0.2, 0.25) is 5.02 Å². The number of hydrogen-bond donors (Lipinski definition) is 1. The van der Waals surface area contributed by atoms with Crippen molar-refractivity contribution in [2.75, 3.05) is 19.8 Å². The summed E-state index contributed by atoms with van der Waals surface area (Å²) in [6, 6.07) is 7.36. The highest BCUT2D eigenvalue weighted by Gasteiger charge is 2.21. The fourth-order valence-corrected chi connectivity index (χ4v) is 2.09. The van der Waals surface area contributed by atoms with Gasteiger partial charge in [0, 0.05) is 23.6 Å². The maximum atomic E-state index is 6.10. The molecule has 0 spiro atoms. The molecule has 94 valence electrons. The first-order valence-electron chi connectivity index (χ1n) is 5.97. The molecule has 2 rings (SSSR count). The van der Waals surface area contributed by atoms with Crippen molar-refractivity contribution in [1.82, 2.24) is 0 Å². The molecule has 2 N–H and O–H groups in total. The summed E-state index contributed by atoms with van der Waals surface area (Å²) in [6.07, 6.45) is 2.23. The molecule has 1 heterocycles. The molecular weight excluding hydrogens is 238 g/mol. The minimum atomic E-state index is 0.0333. The molecule has 0 amide bonds. The van der Waals surface area contributed by atoms with Gasteiger partial charge >= 0.3 is 0 Å². The Morgan fingerprint density at radius 2 is 2.18 bits per heavy atom. The van der Waals surface area contributed by atoms with Crippen LogP contribution in [0.4, 0.5) is 0 Å². The Bertz CT molecular complexity index is 336. The molecule has 1 saturated heterocycles. The highest BCUT2D eigenvalue weighted by atomic mass is 35.5. The summed E-state index contributed by atoms with van der Waals surface area (Å²) >= 11 is 5.80. The number of hydrogen-bond acceptors (Lipinski definition) is 3. The topological polar surface area (TPSA) is 44.5 Å². The molecule has 2 atom stereocenters. The lowest BCUT2D eigenvalue weighted by Crippen LogP contribution is -2.40. The maximum absolute atomic E-state index is 6.10. The number of benzene rings is 1. The van der Waals surface area contributed by atoms with Gasteiger partial charge in [-0.1, -0.05) is 11.6 Å². The highest BCUT2D eigenvalue weighted by Crippen LogP contribution is 2.19. The van der Waals surface area contributed by atoms with E-state index >= 15 is 0 Å². The second-order valence-electron chi connectivity index (χ2n) is 4.41. The quantitative estimate of drug-likeness (QED) is 0.899. The van der Waals surface area contributed by atoms with E-state index in [2.05, 4.69) is 0 Å². The predicted octanol–water partition coefficient (Wildman–Crippen LogP) is 2.47. The first-order valence-corrected chi connectivity index (χ1v) is 6.35. The summed E-state index contributed by atoms with van der Waals surface area (Å²) < 4.78 is 11.1. The first-order chi connectivity index (χ1) is 8.25. The number of halogens is 1. The van der Waals surface area contributed by atoms with Crippen molar-refractivity contribution >= 4 is 11.6 Å². The lowest BCUT2D eigenvalue weighted by atomic mass is 9.95. The average Bonchev–Trinajstić information content (AvgIpc) is 2.39. The second-order valence-corrected chi connectivity index (χ2v) is 4.84. The Morgan fingerprint density at radius 3 is 2.82 bits per heavy atom. The van der Waals surface area contributed by atoms with Crippen LogP contribution in [0.15, 0.2) is 24.3 Å². The number of rotatable bonds is 4. The van der Waals surface area contributed by atoms with Crippen LogP contribution in [0.3, 0.4) is 0 Å². The van der Waals surface area contributed by atoms with Gasteiger partial charge in [-0.3, -0.25) is 0 Å². The number of nitrogens with two attached hydrogens (primary N) is 1. The monoisotopic (exact) mass is 255 g/mol. The van der Waals surface area contributed by atoms with Crippen molar-refractivity contribution in [3.63, 3.8) is 0 Å². The van der Waals surface area contributed by atoms with Crippen LogP contribution >= 0.6 is 11.6 Å². The zero-order chi connectivity index (χ0) is 12.1. The van der Waals surface area contributed by atoms with Crippen LogP contribution in [-0.4, -0.2) is 25.9 Å². The average molecular weight is 256 g/mol. The third kappa shape index (κ3) is 3.87. The van der Waals surface area contributed by atoms with Crippen molar-refractivity contribution in [2.24, 2.45) is 11.7 Å². The van der Waals surface area contributed by atoms with Gasteiger partial charge in [0.15, 0.2) is 0 Å². The standard InChI is InChI=1S/C13H18ClNO2/c14-11-3-5-12(6-4-11)17-9-13(15)10-2-1-7-16-8-10/h3-6,10,13H,1-2,7-9,15H2. The van der Waals surface area contributed by atoms with Crippen molar-refractivity contribution in [1.29, 1.82) is 0 Å². The smallest absolute Gasteiger partial charge is 0.119 e. The summed E-state index contributed by atoms with van der Waals surface area (Å²) in [4.78, 5) is 0. The van der Waals surface area contributed by atoms with Gasteiger partial charge in [-0.25, -0.2) is 0 Å². The summed E-state index contributed by atoms with van der Waals surface area (Å²) in [5, 5.41) is 0.710. The SMILES string of the molecule is NC(COc1ccc(Cl)cc1)C1CCCOC1. The van der Waals surface area contributed by atoms with Crippen LogP contribution < -0.4 is 10.5 Å². The molecule has 1 aliphatic rings. The predicted molar refractivity (Wildman–Crippen MR) is 68.5 cm³/mol. The van der Waals surface area contributed by atoms with Gasteiger partial charge in [0.2, 0.25) is 0 Å². The van der Waals surface area contributed by atoms with Crippen molar-refractivity contribution < 1.29 is 9.47 Å². The third-order valence-corrected chi connectivity index (χ3v) is 3.31. The third-order valence-electron chi connectivity index (χ3n) is 3.06. The van der Waals surface area contributed by atoms with Crippen LogP contribution in [0.25, 0.3) is 0 Å². The second kappa shape index (κ2) is 6.24. The minimum absolute atomic E-state index is 0.0333. The minimum Gasteiger partial charge on any atom is -0.492 e. The van der Waals surface area contributed by atoms with Gasteiger partial charge in [0.1, 0.15) is 12.4 Å². The van der Waals surface area contributed by atoms with Crippen molar-refractivity contribution in [2.45, 2.75) is 18.9 Å². The maximum Gasteiger partial charge on any atom is 0.119 e. The van der Waals surface area contributed by atoms with E-state index in [1.165, 1.54) is 0 Å². The first kappa shape index (κ1) is 12.7. The lowest BCUT2D eigenvalue weighted by Gasteiger charge is -2.27. The van der Waals surface area contributed by atoms with Crippen molar-refractivity contribution in [3.05, 3.63) is 29.3 Å². The summed E-state index contributed by atoms with van der Waals surface area (Å²) in [5.41, 5.74) is 6.10. The van der Waals surface area contributed by atoms with E-state index in [-0.39, 0.29) is 6.04 Å². The molecule has 0 saturated carbocycles. The van der Waals surface area contributed by atoms with Crippen molar-refractivity contribution in [3.8, 4) is 5.75 Å². The zero-order valence-corrected chi connectivity index (χ0v) is 10.5. The Kier molecular flexibility index (Phi) is 4.66. The summed E-state index contributed by atoms with van der Waals surface area (Å²) in [6.45, 7) is 2.14. The molecule has 1 aromatic rings. The van der Waals surface area contributed by atoms with Gasteiger partial charge in [0.25, 0.3) is 0 Å². The van der Waals surface area contributed by atoms with E-state index < -0.39 is 0 Å². The van der Waals surface area contributed by atoms with Crippen LogP contribution in [0.5, 0.6) is 5.75 Å². The molecule has 4 heteroatoms. The molecule has 3 nitrogen and oxygen atoms in total. The van der Waals surface area contributed by atoms with E-state index in [0.717, 1.165) is 31.8 Å². The van der Waals surface area contributed by atoms with E-state index in [4.69, 9.17) is 26.8 Å². The largest absolute Gasteiger partial charge is 0.492 e. The highest BCUT2D eigenvalue weighted by molar-refractivity contribution is 6.30. The van der Waals surface area contributed by atoms with E-state index in [1.807, 2.05) is 24.3 Å². The van der Waals surface area contributed by atoms with Gasteiger partial charge in [-0.05, 0) is 37.1 Å². The van der Waals surface area contributed by atoms with Crippen LogP contribution in [0.1, 0.15) is 12.8 Å². The van der Waals surface area contributed by atoms with Gasteiger partial charge in [-0.2, -0.15) is 0 Å². The molecule has 17 heavy (non-hydrogen) atoms.